The lowest BCUT2D eigenvalue weighted by Gasteiger charge is -2.31. The second kappa shape index (κ2) is 9.24. The number of carbonyl (C=O) groups excluding carboxylic acids is 2. The Labute approximate surface area is 218 Å². The van der Waals surface area contributed by atoms with Crippen LogP contribution in [0.15, 0.2) is 30.5 Å². The Morgan fingerprint density at radius 3 is 2.50 bits per heavy atom. The van der Waals surface area contributed by atoms with Gasteiger partial charge in [0.25, 0.3) is 5.91 Å². The Morgan fingerprint density at radius 1 is 1.11 bits per heavy atom. The summed E-state index contributed by atoms with van der Waals surface area (Å²) in [5.41, 5.74) is 0.836. The van der Waals surface area contributed by atoms with Crippen LogP contribution >= 0.6 is 0 Å². The number of anilines is 1. The number of fused-ring (bicyclic) bond motifs is 1. The molecule has 4 fully saturated rings. The fraction of sp³-hybridized carbons (Fsp3) is 0.536. The van der Waals surface area contributed by atoms with Gasteiger partial charge in [-0.2, -0.15) is 13.2 Å². The van der Waals surface area contributed by atoms with E-state index >= 15 is 0 Å². The highest BCUT2D eigenvalue weighted by atomic mass is 19.4. The van der Waals surface area contributed by atoms with Crippen LogP contribution in [0.2, 0.25) is 0 Å². The maximum atomic E-state index is 14.8. The number of hydrogen-bond acceptors (Lipinski definition) is 4. The molecule has 10 heteroatoms. The molecule has 6 rings (SSSR count). The zero-order valence-electron chi connectivity index (χ0n) is 21.0. The van der Waals surface area contributed by atoms with Gasteiger partial charge >= 0.3 is 6.18 Å². The maximum Gasteiger partial charge on any atom is 0.416 e. The van der Waals surface area contributed by atoms with Gasteiger partial charge in [-0.3, -0.25) is 14.6 Å². The first-order chi connectivity index (χ1) is 18.1. The Hall–Kier alpha value is -3.17. The smallest absolute Gasteiger partial charge is 0.380 e. The minimum atomic E-state index is -4.65. The second-order valence-electron chi connectivity index (χ2n) is 11.2. The molecule has 2 amide bonds. The molecule has 4 atom stereocenters. The number of likely N-dealkylation sites (tertiary alicyclic amines) is 1. The molecule has 6 nitrogen and oxygen atoms in total. The van der Waals surface area contributed by atoms with E-state index in [1.165, 1.54) is 0 Å². The number of hydrogen-bond donors (Lipinski definition) is 2. The quantitative estimate of drug-likeness (QED) is 0.472. The number of aromatic nitrogens is 1. The Balaban J connectivity index is 1.23. The highest BCUT2D eigenvalue weighted by Gasteiger charge is 2.56. The van der Waals surface area contributed by atoms with Crippen molar-refractivity contribution in [3.63, 3.8) is 0 Å². The van der Waals surface area contributed by atoms with E-state index in [4.69, 9.17) is 0 Å². The summed E-state index contributed by atoms with van der Waals surface area (Å²) in [4.78, 5) is 33.4. The molecular formula is C28H30F4N4O2. The number of nitrogens with one attached hydrogen (secondary N) is 2. The topological polar surface area (TPSA) is 74.3 Å². The van der Waals surface area contributed by atoms with Crippen molar-refractivity contribution < 1.29 is 27.2 Å². The van der Waals surface area contributed by atoms with E-state index in [1.807, 2.05) is 6.92 Å². The van der Waals surface area contributed by atoms with Gasteiger partial charge in [-0.05, 0) is 81.9 Å². The number of carbonyl (C=O) groups is 2. The second-order valence-corrected chi connectivity index (χ2v) is 11.2. The van der Waals surface area contributed by atoms with Crippen LogP contribution in [-0.2, 0) is 11.0 Å². The molecule has 1 saturated heterocycles. The van der Waals surface area contributed by atoms with E-state index in [9.17, 15) is 27.2 Å². The lowest BCUT2D eigenvalue weighted by Crippen LogP contribution is -2.49. The van der Waals surface area contributed by atoms with Crippen LogP contribution in [0.4, 0.5) is 23.2 Å². The van der Waals surface area contributed by atoms with E-state index in [0.29, 0.717) is 35.5 Å². The molecule has 38 heavy (non-hydrogen) atoms. The number of aryl methyl sites for hydroxylation is 1. The molecule has 0 radical (unpaired) electrons. The van der Waals surface area contributed by atoms with Crippen molar-refractivity contribution in [2.75, 3.05) is 5.32 Å². The molecule has 2 aromatic rings. The van der Waals surface area contributed by atoms with E-state index in [-0.39, 0.29) is 35.3 Å². The van der Waals surface area contributed by atoms with Gasteiger partial charge in [-0.15, -0.1) is 0 Å². The van der Waals surface area contributed by atoms with Gasteiger partial charge in [0.05, 0.1) is 29.1 Å². The fourth-order valence-corrected chi connectivity index (χ4v) is 5.83. The Kier molecular flexibility index (Phi) is 6.11. The van der Waals surface area contributed by atoms with Gasteiger partial charge in [0.15, 0.2) is 0 Å². The van der Waals surface area contributed by atoms with Crippen molar-refractivity contribution in [2.24, 2.45) is 11.8 Å². The number of alkyl halides is 3. The van der Waals surface area contributed by atoms with Crippen LogP contribution in [0.5, 0.6) is 0 Å². The van der Waals surface area contributed by atoms with Crippen molar-refractivity contribution in [2.45, 2.75) is 82.2 Å². The number of halogens is 4. The lowest BCUT2D eigenvalue weighted by atomic mass is 9.92. The summed E-state index contributed by atoms with van der Waals surface area (Å²) in [6.45, 7) is 1.82. The molecule has 3 aliphatic carbocycles. The lowest BCUT2D eigenvalue weighted by molar-refractivity contribution is -0.137. The number of piperidine rings is 1. The molecule has 2 N–H and O–H groups in total. The molecule has 4 aliphatic rings. The minimum Gasteiger partial charge on any atom is -0.380 e. The summed E-state index contributed by atoms with van der Waals surface area (Å²) >= 11 is 0. The molecule has 202 valence electrons. The summed E-state index contributed by atoms with van der Waals surface area (Å²) in [6, 6.07) is 3.03. The largest absolute Gasteiger partial charge is 0.416 e. The first kappa shape index (κ1) is 25.1. The Morgan fingerprint density at radius 2 is 1.87 bits per heavy atom. The van der Waals surface area contributed by atoms with Crippen LogP contribution in [0.25, 0.3) is 0 Å². The molecule has 1 aromatic heterocycles. The maximum absolute atomic E-state index is 14.8. The molecule has 1 aliphatic heterocycles. The van der Waals surface area contributed by atoms with Gasteiger partial charge in [-0.25, -0.2) is 4.39 Å². The predicted octanol–water partition coefficient (Wildman–Crippen LogP) is 5.38. The molecule has 0 spiro atoms. The molecule has 1 aromatic carbocycles. The van der Waals surface area contributed by atoms with E-state index < -0.39 is 29.6 Å². The SMILES string of the molecule is Cc1cc(C(=O)N2[C@@H](C(=O)NC(c3ccc(C(F)(F)F)cc3F)C3CC3)C[C@H]3C[C@H]32)c(NC2CCC2)cn1. The van der Waals surface area contributed by atoms with E-state index in [2.05, 4.69) is 15.6 Å². The summed E-state index contributed by atoms with van der Waals surface area (Å²) in [7, 11) is 0. The van der Waals surface area contributed by atoms with Crippen LogP contribution in [0.3, 0.4) is 0 Å². The molecule has 2 heterocycles. The average molecular weight is 531 g/mol. The van der Waals surface area contributed by atoms with Gasteiger partial charge < -0.3 is 15.5 Å². The summed E-state index contributed by atoms with van der Waals surface area (Å²) in [5.74, 6) is -1.42. The highest BCUT2D eigenvalue weighted by Crippen LogP contribution is 2.49. The standard InChI is InChI=1S/C28H30F4N4O2/c1-14-9-20(22(13-33-14)34-18-3-2-4-18)27(38)36-23-10-16(23)11-24(36)26(37)35-25(15-5-6-15)19-8-7-17(12-21(19)29)28(30,31)32/h7-9,12-13,15-16,18,23-25,34H,2-6,10-11H2,1H3,(H,35,37)/t16-,23-,24-,25?/m1/s1. The zero-order chi connectivity index (χ0) is 26.8. The molecule has 3 saturated carbocycles. The fourth-order valence-electron chi connectivity index (χ4n) is 5.83. The van der Waals surface area contributed by atoms with Crippen LogP contribution < -0.4 is 10.6 Å². The third-order valence-electron chi connectivity index (χ3n) is 8.43. The minimum absolute atomic E-state index is 0.0227. The highest BCUT2D eigenvalue weighted by molar-refractivity contribution is 6.02. The monoisotopic (exact) mass is 530 g/mol. The molecule has 0 bridgehead atoms. The van der Waals surface area contributed by atoms with Gasteiger partial charge in [0.2, 0.25) is 5.91 Å². The van der Waals surface area contributed by atoms with Crippen molar-refractivity contribution >= 4 is 17.5 Å². The Bertz CT molecular complexity index is 1270. The van der Waals surface area contributed by atoms with E-state index in [1.54, 1.807) is 17.2 Å². The van der Waals surface area contributed by atoms with E-state index in [0.717, 1.165) is 50.7 Å². The number of rotatable bonds is 7. The normalized spacial score (nSPS) is 25.4. The summed E-state index contributed by atoms with van der Waals surface area (Å²) in [6.07, 6.45) is 3.07. The number of pyridine rings is 1. The van der Waals surface area contributed by atoms with Crippen LogP contribution in [0.1, 0.15) is 78.2 Å². The van der Waals surface area contributed by atoms with Gasteiger partial charge in [-0.1, -0.05) is 6.07 Å². The van der Waals surface area contributed by atoms with Gasteiger partial charge in [0, 0.05) is 23.3 Å². The average Bonchev–Trinajstić information content (AvgIpc) is 3.77. The summed E-state index contributed by atoms with van der Waals surface area (Å²) < 4.78 is 54.0. The van der Waals surface area contributed by atoms with Gasteiger partial charge in [0.1, 0.15) is 11.9 Å². The van der Waals surface area contributed by atoms with Crippen molar-refractivity contribution in [3.05, 3.63) is 58.7 Å². The first-order valence-corrected chi connectivity index (χ1v) is 13.3. The third-order valence-corrected chi connectivity index (χ3v) is 8.43. The van der Waals surface area contributed by atoms with Crippen LogP contribution in [0, 0.1) is 24.6 Å². The number of amides is 2. The summed E-state index contributed by atoms with van der Waals surface area (Å²) in [5, 5.41) is 6.33. The molecule has 1 unspecified atom stereocenters. The predicted molar refractivity (Wildman–Crippen MR) is 132 cm³/mol. The zero-order valence-corrected chi connectivity index (χ0v) is 21.0. The first-order valence-electron chi connectivity index (χ1n) is 13.3. The van der Waals surface area contributed by atoms with Crippen molar-refractivity contribution in [1.29, 1.82) is 0 Å². The number of benzene rings is 1. The molecular weight excluding hydrogens is 500 g/mol. The van der Waals surface area contributed by atoms with Crippen LogP contribution in [-0.4, -0.2) is 39.8 Å². The third kappa shape index (κ3) is 4.73. The number of nitrogens with zero attached hydrogens (tertiary/aromatic N) is 2. The van der Waals surface area contributed by atoms with Crippen molar-refractivity contribution in [3.8, 4) is 0 Å². The van der Waals surface area contributed by atoms with Crippen molar-refractivity contribution in [1.82, 2.24) is 15.2 Å².